The number of hydrogen-bond donors (Lipinski definition) is 1. The molecule has 1 atom stereocenters. The molecule has 110 valence electrons. The van der Waals surface area contributed by atoms with Gasteiger partial charge >= 0.3 is 12.1 Å². The van der Waals surface area contributed by atoms with Crippen LogP contribution in [-0.4, -0.2) is 35.8 Å². The van der Waals surface area contributed by atoms with Gasteiger partial charge in [0.2, 0.25) is 0 Å². The Balaban J connectivity index is 2.70. The highest BCUT2D eigenvalue weighted by atomic mass is 16.6. The summed E-state index contributed by atoms with van der Waals surface area (Å²) in [6, 6.07) is 2.77. The van der Waals surface area contributed by atoms with E-state index >= 15 is 0 Å². The quantitative estimate of drug-likeness (QED) is 0.849. The van der Waals surface area contributed by atoms with E-state index < -0.39 is 23.7 Å². The second-order valence-corrected chi connectivity index (χ2v) is 5.29. The summed E-state index contributed by atoms with van der Waals surface area (Å²) in [5.74, 6) is -0.528. The number of nitrogens with one attached hydrogen (secondary N) is 1. The van der Waals surface area contributed by atoms with Gasteiger partial charge in [0.15, 0.2) is 0 Å². The SMILES string of the molecule is COC(=O)[C@@H](Cc1cccnc1)NC(=O)OC(C)(C)C. The molecule has 1 aromatic rings. The average molecular weight is 280 g/mol. The molecule has 0 aliphatic rings. The van der Waals surface area contributed by atoms with E-state index in [1.54, 1.807) is 39.2 Å². The Hall–Kier alpha value is -2.11. The Kier molecular flexibility index (Phi) is 5.49. The van der Waals surface area contributed by atoms with Crippen molar-refractivity contribution in [2.24, 2.45) is 0 Å². The molecule has 1 N–H and O–H groups in total. The van der Waals surface area contributed by atoms with Crippen LogP contribution >= 0.6 is 0 Å². The second kappa shape index (κ2) is 6.88. The van der Waals surface area contributed by atoms with Gasteiger partial charge < -0.3 is 14.8 Å². The molecule has 0 bridgehead atoms. The molecule has 0 aliphatic carbocycles. The first-order chi connectivity index (χ1) is 9.31. The van der Waals surface area contributed by atoms with Gasteiger partial charge in [0.25, 0.3) is 0 Å². The fourth-order valence-electron chi connectivity index (χ4n) is 1.54. The van der Waals surface area contributed by atoms with Crippen molar-refractivity contribution in [1.82, 2.24) is 10.3 Å². The Bertz CT molecular complexity index is 454. The van der Waals surface area contributed by atoms with E-state index in [4.69, 9.17) is 4.74 Å². The van der Waals surface area contributed by atoms with Crippen molar-refractivity contribution in [2.45, 2.75) is 38.8 Å². The van der Waals surface area contributed by atoms with Crippen molar-refractivity contribution in [3.8, 4) is 0 Å². The minimum atomic E-state index is -0.806. The third kappa shape index (κ3) is 5.69. The van der Waals surface area contributed by atoms with Crippen LogP contribution < -0.4 is 5.32 Å². The molecule has 0 spiro atoms. The maximum absolute atomic E-state index is 11.7. The van der Waals surface area contributed by atoms with E-state index in [2.05, 4.69) is 15.0 Å². The number of alkyl carbamates (subject to hydrolysis) is 1. The first kappa shape index (κ1) is 15.9. The van der Waals surface area contributed by atoms with Gasteiger partial charge in [-0.2, -0.15) is 0 Å². The molecule has 0 saturated carbocycles. The molecule has 6 nitrogen and oxygen atoms in total. The molecule has 20 heavy (non-hydrogen) atoms. The molecule has 0 radical (unpaired) electrons. The van der Waals surface area contributed by atoms with Crippen LogP contribution in [0.5, 0.6) is 0 Å². The van der Waals surface area contributed by atoms with Crippen molar-refractivity contribution in [2.75, 3.05) is 7.11 Å². The lowest BCUT2D eigenvalue weighted by Crippen LogP contribution is -2.45. The van der Waals surface area contributed by atoms with Crippen molar-refractivity contribution >= 4 is 12.1 Å². The molecule has 1 rings (SSSR count). The summed E-state index contributed by atoms with van der Waals surface area (Å²) in [7, 11) is 1.27. The number of hydrogen-bond acceptors (Lipinski definition) is 5. The van der Waals surface area contributed by atoms with Crippen LogP contribution in [0.2, 0.25) is 0 Å². The zero-order chi connectivity index (χ0) is 15.2. The lowest BCUT2D eigenvalue weighted by Gasteiger charge is -2.22. The zero-order valence-corrected chi connectivity index (χ0v) is 12.2. The van der Waals surface area contributed by atoms with Crippen LogP contribution in [-0.2, 0) is 20.7 Å². The van der Waals surface area contributed by atoms with Crippen molar-refractivity contribution in [1.29, 1.82) is 0 Å². The number of esters is 1. The van der Waals surface area contributed by atoms with Gasteiger partial charge in [-0.1, -0.05) is 6.07 Å². The van der Waals surface area contributed by atoms with E-state index in [1.165, 1.54) is 7.11 Å². The number of amides is 1. The summed E-state index contributed by atoms with van der Waals surface area (Å²) >= 11 is 0. The molecule has 0 aliphatic heterocycles. The molecule has 1 heterocycles. The average Bonchev–Trinajstić information content (AvgIpc) is 2.36. The first-order valence-electron chi connectivity index (χ1n) is 6.28. The summed E-state index contributed by atoms with van der Waals surface area (Å²) in [6.45, 7) is 5.25. The number of ether oxygens (including phenoxy) is 2. The number of carbonyl (C=O) groups is 2. The minimum Gasteiger partial charge on any atom is -0.467 e. The van der Waals surface area contributed by atoms with Crippen LogP contribution in [0.1, 0.15) is 26.3 Å². The monoisotopic (exact) mass is 280 g/mol. The number of rotatable bonds is 4. The molecule has 6 heteroatoms. The van der Waals surface area contributed by atoms with E-state index in [-0.39, 0.29) is 0 Å². The Labute approximate surface area is 118 Å². The zero-order valence-electron chi connectivity index (χ0n) is 12.2. The summed E-state index contributed by atoms with van der Waals surface area (Å²) in [5, 5.41) is 2.51. The van der Waals surface area contributed by atoms with Crippen molar-refractivity contribution < 1.29 is 19.1 Å². The summed E-state index contributed by atoms with van der Waals surface area (Å²) in [4.78, 5) is 27.4. The van der Waals surface area contributed by atoms with E-state index in [9.17, 15) is 9.59 Å². The smallest absolute Gasteiger partial charge is 0.408 e. The van der Waals surface area contributed by atoms with Crippen molar-refractivity contribution in [3.05, 3.63) is 30.1 Å². The van der Waals surface area contributed by atoms with Gasteiger partial charge in [0.05, 0.1) is 7.11 Å². The standard InChI is InChI=1S/C14H20N2O4/c1-14(2,3)20-13(18)16-11(12(17)19-4)8-10-6-5-7-15-9-10/h5-7,9,11H,8H2,1-4H3,(H,16,18)/t11-/m1/s1. The normalized spacial score (nSPS) is 12.4. The van der Waals surface area contributed by atoms with Gasteiger partial charge in [-0.15, -0.1) is 0 Å². The minimum absolute atomic E-state index is 0.291. The molecule has 1 aromatic heterocycles. The lowest BCUT2D eigenvalue weighted by atomic mass is 10.1. The van der Waals surface area contributed by atoms with E-state index in [1.807, 2.05) is 6.07 Å². The number of pyridine rings is 1. The fraction of sp³-hybridized carbons (Fsp3) is 0.500. The highest BCUT2D eigenvalue weighted by Gasteiger charge is 2.25. The highest BCUT2D eigenvalue weighted by molar-refractivity contribution is 5.81. The van der Waals surface area contributed by atoms with Crippen LogP contribution in [0.15, 0.2) is 24.5 Å². The van der Waals surface area contributed by atoms with E-state index in [0.717, 1.165) is 5.56 Å². The predicted molar refractivity (Wildman–Crippen MR) is 73.1 cm³/mol. The van der Waals surface area contributed by atoms with Gasteiger partial charge in [0, 0.05) is 18.8 Å². The molecule has 0 aromatic carbocycles. The molecule has 0 saturated heterocycles. The number of aromatic nitrogens is 1. The first-order valence-corrected chi connectivity index (χ1v) is 6.28. The lowest BCUT2D eigenvalue weighted by molar-refractivity contribution is -0.143. The number of methoxy groups -OCH3 is 1. The van der Waals surface area contributed by atoms with Crippen molar-refractivity contribution in [3.63, 3.8) is 0 Å². The van der Waals surface area contributed by atoms with Gasteiger partial charge in [0.1, 0.15) is 11.6 Å². The third-order valence-electron chi connectivity index (χ3n) is 2.34. The van der Waals surface area contributed by atoms with Crippen LogP contribution in [0.25, 0.3) is 0 Å². The van der Waals surface area contributed by atoms with Crippen LogP contribution in [0, 0.1) is 0 Å². The van der Waals surface area contributed by atoms with Gasteiger partial charge in [-0.05, 0) is 32.4 Å². The predicted octanol–water partition coefficient (Wildman–Crippen LogP) is 1.69. The number of nitrogens with zero attached hydrogens (tertiary/aromatic N) is 1. The van der Waals surface area contributed by atoms with Crippen LogP contribution in [0.3, 0.4) is 0 Å². The number of carbonyl (C=O) groups excluding carboxylic acids is 2. The van der Waals surface area contributed by atoms with Crippen LogP contribution in [0.4, 0.5) is 4.79 Å². The summed E-state index contributed by atoms with van der Waals surface area (Å²) in [6.07, 6.45) is 2.90. The second-order valence-electron chi connectivity index (χ2n) is 5.29. The maximum atomic E-state index is 11.7. The molecule has 0 fully saturated rings. The Morgan fingerprint density at radius 3 is 2.60 bits per heavy atom. The maximum Gasteiger partial charge on any atom is 0.408 e. The molecule has 0 unspecified atom stereocenters. The highest BCUT2D eigenvalue weighted by Crippen LogP contribution is 2.08. The Morgan fingerprint density at radius 1 is 1.40 bits per heavy atom. The fourth-order valence-corrected chi connectivity index (χ4v) is 1.54. The molecule has 1 amide bonds. The van der Waals surface area contributed by atoms with Gasteiger partial charge in [-0.25, -0.2) is 9.59 Å². The largest absolute Gasteiger partial charge is 0.467 e. The Morgan fingerprint density at radius 2 is 2.10 bits per heavy atom. The molecular formula is C14H20N2O4. The third-order valence-corrected chi connectivity index (χ3v) is 2.34. The topological polar surface area (TPSA) is 77.5 Å². The molecular weight excluding hydrogens is 260 g/mol. The van der Waals surface area contributed by atoms with Gasteiger partial charge in [-0.3, -0.25) is 4.98 Å². The summed E-state index contributed by atoms with van der Waals surface area (Å²) < 4.78 is 9.81. The van der Waals surface area contributed by atoms with E-state index in [0.29, 0.717) is 6.42 Å². The summed E-state index contributed by atoms with van der Waals surface area (Å²) in [5.41, 5.74) is 0.193.